The lowest BCUT2D eigenvalue weighted by Crippen LogP contribution is -2.41. The number of fused-ring (bicyclic) bond motifs is 1. The van der Waals surface area contributed by atoms with Crippen LogP contribution in [-0.2, 0) is 0 Å². The van der Waals surface area contributed by atoms with Crippen molar-refractivity contribution in [1.82, 2.24) is 5.32 Å². The maximum Gasteiger partial charge on any atom is 0.287 e. The van der Waals surface area contributed by atoms with Gasteiger partial charge in [0.2, 0.25) is 0 Å². The molecule has 0 spiro atoms. The van der Waals surface area contributed by atoms with Gasteiger partial charge in [0, 0.05) is 21.5 Å². The lowest BCUT2D eigenvalue weighted by molar-refractivity contribution is 0.0883. The zero-order valence-corrected chi connectivity index (χ0v) is 14.0. The van der Waals surface area contributed by atoms with Gasteiger partial charge in [0.1, 0.15) is 5.58 Å². The zero-order valence-electron chi connectivity index (χ0n) is 12.4. The minimum Gasteiger partial charge on any atom is -0.451 e. The molecule has 1 amide bonds. The predicted molar refractivity (Wildman–Crippen MR) is 87.5 cm³/mol. The fourth-order valence-corrected chi connectivity index (χ4v) is 3.54. The molecule has 2 atom stereocenters. The van der Waals surface area contributed by atoms with E-state index in [-0.39, 0.29) is 11.9 Å². The molecular formula is C17H20BrNO2. The second-order valence-corrected chi connectivity index (χ2v) is 6.95. The van der Waals surface area contributed by atoms with Crippen molar-refractivity contribution in [3.8, 4) is 0 Å². The Morgan fingerprint density at radius 1 is 1.33 bits per heavy atom. The van der Waals surface area contributed by atoms with Crippen molar-refractivity contribution in [3.05, 3.63) is 34.0 Å². The first-order valence-corrected chi connectivity index (χ1v) is 8.35. The molecule has 3 rings (SSSR count). The summed E-state index contributed by atoms with van der Waals surface area (Å²) in [6, 6.07) is 6.09. The maximum absolute atomic E-state index is 12.5. The fourth-order valence-electron chi connectivity index (χ4n) is 3.17. The van der Waals surface area contributed by atoms with Gasteiger partial charge in [-0.3, -0.25) is 4.79 Å². The van der Waals surface area contributed by atoms with Crippen LogP contribution in [0.15, 0.2) is 27.1 Å². The van der Waals surface area contributed by atoms with Crippen LogP contribution in [0.25, 0.3) is 11.0 Å². The van der Waals surface area contributed by atoms with Crippen LogP contribution in [0.3, 0.4) is 0 Å². The first-order chi connectivity index (χ1) is 10.1. The lowest BCUT2D eigenvalue weighted by Gasteiger charge is -2.29. The van der Waals surface area contributed by atoms with Gasteiger partial charge in [-0.15, -0.1) is 0 Å². The van der Waals surface area contributed by atoms with Gasteiger partial charge < -0.3 is 9.73 Å². The summed E-state index contributed by atoms with van der Waals surface area (Å²) in [7, 11) is 0. The lowest BCUT2D eigenvalue weighted by atomic mass is 9.86. The molecule has 1 N–H and O–H groups in total. The van der Waals surface area contributed by atoms with Crippen molar-refractivity contribution in [2.45, 2.75) is 45.6 Å². The van der Waals surface area contributed by atoms with Crippen LogP contribution in [0.4, 0.5) is 0 Å². The summed E-state index contributed by atoms with van der Waals surface area (Å²) in [5.41, 5.74) is 1.67. The Morgan fingerprint density at radius 2 is 2.10 bits per heavy atom. The summed E-state index contributed by atoms with van der Waals surface area (Å²) in [6.45, 7) is 4.16. The third kappa shape index (κ3) is 2.86. The Bertz CT molecular complexity index is 677. The number of carbonyl (C=O) groups is 1. The van der Waals surface area contributed by atoms with Crippen molar-refractivity contribution in [3.63, 3.8) is 0 Å². The second-order valence-electron chi connectivity index (χ2n) is 6.04. The number of hydrogen-bond acceptors (Lipinski definition) is 2. The monoisotopic (exact) mass is 349 g/mol. The van der Waals surface area contributed by atoms with Crippen LogP contribution < -0.4 is 5.32 Å². The Balaban J connectivity index is 1.86. The number of rotatable bonds is 2. The van der Waals surface area contributed by atoms with Gasteiger partial charge in [0.05, 0.1) is 0 Å². The van der Waals surface area contributed by atoms with Gasteiger partial charge in [-0.25, -0.2) is 0 Å². The number of benzene rings is 1. The quantitative estimate of drug-likeness (QED) is 0.844. The van der Waals surface area contributed by atoms with Gasteiger partial charge in [-0.05, 0) is 43.9 Å². The highest BCUT2D eigenvalue weighted by Crippen LogP contribution is 2.29. The number of amides is 1. The molecule has 4 heteroatoms. The third-order valence-corrected chi connectivity index (χ3v) is 5.03. The van der Waals surface area contributed by atoms with E-state index in [1.165, 1.54) is 19.3 Å². The SMILES string of the molecule is Cc1c(C(=O)N[C@@H]2CCCC[C@H]2C)oc2ccc(Br)cc12. The minimum absolute atomic E-state index is 0.0847. The van der Waals surface area contributed by atoms with Crippen LogP contribution in [0.2, 0.25) is 0 Å². The molecule has 1 aromatic carbocycles. The molecule has 0 aliphatic heterocycles. The molecule has 0 saturated heterocycles. The summed E-state index contributed by atoms with van der Waals surface area (Å²) in [4.78, 5) is 12.5. The van der Waals surface area contributed by atoms with E-state index in [1.807, 2.05) is 25.1 Å². The molecule has 21 heavy (non-hydrogen) atoms. The molecule has 1 fully saturated rings. The second kappa shape index (κ2) is 5.84. The van der Waals surface area contributed by atoms with Crippen LogP contribution in [-0.4, -0.2) is 11.9 Å². The highest BCUT2D eigenvalue weighted by atomic mass is 79.9. The Hall–Kier alpha value is -1.29. The van der Waals surface area contributed by atoms with E-state index in [1.54, 1.807) is 0 Å². The highest BCUT2D eigenvalue weighted by molar-refractivity contribution is 9.10. The predicted octanol–water partition coefficient (Wildman–Crippen LogP) is 4.81. The largest absolute Gasteiger partial charge is 0.451 e. The van der Waals surface area contributed by atoms with Crippen LogP contribution >= 0.6 is 15.9 Å². The van der Waals surface area contributed by atoms with Crippen molar-refractivity contribution >= 4 is 32.8 Å². The molecule has 1 heterocycles. The van der Waals surface area contributed by atoms with E-state index < -0.39 is 0 Å². The summed E-state index contributed by atoms with van der Waals surface area (Å²) in [6.07, 6.45) is 4.72. The number of halogens is 1. The van der Waals surface area contributed by atoms with E-state index in [2.05, 4.69) is 28.2 Å². The van der Waals surface area contributed by atoms with Gasteiger partial charge >= 0.3 is 0 Å². The van der Waals surface area contributed by atoms with Gasteiger partial charge in [-0.2, -0.15) is 0 Å². The first-order valence-electron chi connectivity index (χ1n) is 7.56. The smallest absolute Gasteiger partial charge is 0.287 e. The molecule has 0 unspecified atom stereocenters. The average Bonchev–Trinajstić information content (AvgIpc) is 2.79. The van der Waals surface area contributed by atoms with Crippen molar-refractivity contribution < 1.29 is 9.21 Å². The van der Waals surface area contributed by atoms with E-state index >= 15 is 0 Å². The van der Waals surface area contributed by atoms with Gasteiger partial charge in [-0.1, -0.05) is 35.7 Å². The minimum atomic E-state index is -0.0847. The summed E-state index contributed by atoms with van der Waals surface area (Å²) in [5, 5.41) is 4.15. The standard InChI is InChI=1S/C17H20BrNO2/c1-10-5-3-4-6-14(10)19-17(20)16-11(2)13-9-12(18)7-8-15(13)21-16/h7-10,14H,3-6H2,1-2H3,(H,19,20)/t10-,14-/m1/s1. The molecule has 2 aromatic rings. The van der Waals surface area contributed by atoms with E-state index in [4.69, 9.17) is 4.42 Å². The van der Waals surface area contributed by atoms with Crippen LogP contribution in [0, 0.1) is 12.8 Å². The summed E-state index contributed by atoms with van der Waals surface area (Å²) in [5.74, 6) is 0.904. The number of carbonyl (C=O) groups excluding carboxylic acids is 1. The fraction of sp³-hybridized carbons (Fsp3) is 0.471. The van der Waals surface area contributed by atoms with Gasteiger partial charge in [0.25, 0.3) is 5.91 Å². The molecule has 0 radical (unpaired) electrons. The molecule has 3 nitrogen and oxygen atoms in total. The van der Waals surface area contributed by atoms with E-state index in [0.29, 0.717) is 11.7 Å². The zero-order chi connectivity index (χ0) is 15.0. The first kappa shape index (κ1) is 14.6. The Labute approximate surface area is 133 Å². The van der Waals surface area contributed by atoms with Crippen LogP contribution in [0.5, 0.6) is 0 Å². The van der Waals surface area contributed by atoms with Crippen molar-refractivity contribution in [2.24, 2.45) is 5.92 Å². The topological polar surface area (TPSA) is 42.2 Å². The van der Waals surface area contributed by atoms with Gasteiger partial charge in [0.15, 0.2) is 5.76 Å². The average molecular weight is 350 g/mol. The summed E-state index contributed by atoms with van der Waals surface area (Å²) < 4.78 is 6.75. The molecule has 1 aliphatic rings. The number of aryl methyl sites for hydroxylation is 1. The van der Waals surface area contributed by atoms with Crippen LogP contribution in [0.1, 0.15) is 48.7 Å². The van der Waals surface area contributed by atoms with Crippen molar-refractivity contribution in [1.29, 1.82) is 0 Å². The number of nitrogens with one attached hydrogen (secondary N) is 1. The maximum atomic E-state index is 12.5. The Kier molecular flexibility index (Phi) is 4.07. The molecule has 112 valence electrons. The molecule has 1 aromatic heterocycles. The molecule has 0 bridgehead atoms. The Morgan fingerprint density at radius 3 is 2.86 bits per heavy atom. The van der Waals surface area contributed by atoms with E-state index in [0.717, 1.165) is 27.4 Å². The van der Waals surface area contributed by atoms with Crippen molar-refractivity contribution in [2.75, 3.05) is 0 Å². The molecule has 1 saturated carbocycles. The number of hydrogen-bond donors (Lipinski definition) is 1. The normalized spacial score (nSPS) is 22.4. The number of furan rings is 1. The van der Waals surface area contributed by atoms with E-state index in [9.17, 15) is 4.79 Å². The third-order valence-electron chi connectivity index (χ3n) is 4.53. The highest BCUT2D eigenvalue weighted by Gasteiger charge is 2.25. The summed E-state index contributed by atoms with van der Waals surface area (Å²) >= 11 is 3.46. The molecular weight excluding hydrogens is 330 g/mol. The molecule has 1 aliphatic carbocycles.